The third-order valence-electron chi connectivity index (χ3n) is 3.59. The second kappa shape index (κ2) is 6.96. The van der Waals surface area contributed by atoms with Crippen LogP contribution >= 0.6 is 12.4 Å². The molecular formula is C14H18ClFN4O2S. The molecule has 0 spiro atoms. The van der Waals surface area contributed by atoms with Crippen LogP contribution < -0.4 is 5.32 Å². The van der Waals surface area contributed by atoms with Crippen molar-refractivity contribution in [2.75, 3.05) is 26.2 Å². The Morgan fingerprint density at radius 2 is 1.96 bits per heavy atom. The molecule has 0 saturated carbocycles. The van der Waals surface area contributed by atoms with E-state index in [1.54, 1.807) is 12.4 Å². The average Bonchev–Trinajstić information content (AvgIpc) is 2.94. The normalized spacial score (nSPS) is 16.1. The second-order valence-electron chi connectivity index (χ2n) is 5.23. The average molecular weight is 361 g/mol. The highest BCUT2D eigenvalue weighted by molar-refractivity contribution is 7.89. The molecule has 0 bridgehead atoms. The van der Waals surface area contributed by atoms with Gasteiger partial charge in [-0.1, -0.05) is 0 Å². The van der Waals surface area contributed by atoms with Crippen molar-refractivity contribution in [2.45, 2.75) is 11.8 Å². The molecule has 2 aromatic rings. The molecule has 23 heavy (non-hydrogen) atoms. The van der Waals surface area contributed by atoms with Crippen LogP contribution in [0.4, 0.5) is 4.39 Å². The molecule has 9 heteroatoms. The summed E-state index contributed by atoms with van der Waals surface area (Å²) in [6.45, 7) is 3.84. The fourth-order valence-corrected chi connectivity index (χ4v) is 3.87. The van der Waals surface area contributed by atoms with Crippen molar-refractivity contribution >= 4 is 22.4 Å². The van der Waals surface area contributed by atoms with E-state index in [1.165, 1.54) is 21.1 Å². The smallest absolute Gasteiger partial charge is 0.243 e. The molecule has 6 nitrogen and oxygen atoms in total. The molecule has 1 aliphatic rings. The summed E-state index contributed by atoms with van der Waals surface area (Å²) in [4.78, 5) is -0.0282. The highest BCUT2D eigenvalue weighted by Crippen LogP contribution is 2.21. The van der Waals surface area contributed by atoms with E-state index in [4.69, 9.17) is 0 Å². The van der Waals surface area contributed by atoms with Crippen LogP contribution in [-0.4, -0.2) is 48.7 Å². The van der Waals surface area contributed by atoms with Gasteiger partial charge in [0.15, 0.2) is 0 Å². The van der Waals surface area contributed by atoms with E-state index in [1.807, 2.05) is 6.92 Å². The topological polar surface area (TPSA) is 67.2 Å². The van der Waals surface area contributed by atoms with Crippen molar-refractivity contribution in [2.24, 2.45) is 0 Å². The third kappa shape index (κ3) is 3.55. The Hall–Kier alpha value is -1.48. The van der Waals surface area contributed by atoms with E-state index in [0.717, 1.165) is 11.6 Å². The minimum absolute atomic E-state index is 0. The van der Waals surface area contributed by atoms with E-state index in [0.29, 0.717) is 26.2 Å². The van der Waals surface area contributed by atoms with Gasteiger partial charge in [0, 0.05) is 32.4 Å². The fraction of sp³-hybridized carbons (Fsp3) is 0.357. The number of hydrogen-bond donors (Lipinski definition) is 1. The zero-order valence-corrected chi connectivity index (χ0v) is 14.2. The number of benzene rings is 1. The number of hydrogen-bond acceptors (Lipinski definition) is 4. The van der Waals surface area contributed by atoms with Gasteiger partial charge < -0.3 is 5.32 Å². The molecule has 1 N–H and O–H groups in total. The van der Waals surface area contributed by atoms with Crippen LogP contribution in [0, 0.1) is 12.7 Å². The van der Waals surface area contributed by atoms with Crippen molar-refractivity contribution < 1.29 is 12.8 Å². The van der Waals surface area contributed by atoms with Crippen molar-refractivity contribution in [3.05, 3.63) is 42.0 Å². The van der Waals surface area contributed by atoms with Crippen molar-refractivity contribution in [3.63, 3.8) is 0 Å². The summed E-state index contributed by atoms with van der Waals surface area (Å²) in [6.07, 6.45) is 3.30. The first-order valence-corrected chi connectivity index (χ1v) is 8.44. The molecule has 0 amide bonds. The second-order valence-corrected chi connectivity index (χ2v) is 7.17. The van der Waals surface area contributed by atoms with Crippen LogP contribution in [0.3, 0.4) is 0 Å². The zero-order valence-electron chi connectivity index (χ0n) is 12.6. The maximum atomic E-state index is 14.3. The van der Waals surface area contributed by atoms with Gasteiger partial charge in [0.05, 0.1) is 11.1 Å². The van der Waals surface area contributed by atoms with Gasteiger partial charge in [0.2, 0.25) is 10.0 Å². The number of aromatic nitrogens is 2. The van der Waals surface area contributed by atoms with Crippen molar-refractivity contribution in [1.29, 1.82) is 0 Å². The van der Waals surface area contributed by atoms with E-state index in [9.17, 15) is 12.8 Å². The lowest BCUT2D eigenvalue weighted by atomic mass is 10.3. The molecule has 1 aromatic carbocycles. The number of rotatable bonds is 3. The van der Waals surface area contributed by atoms with E-state index < -0.39 is 15.8 Å². The number of nitrogens with zero attached hydrogens (tertiary/aromatic N) is 3. The Kier molecular flexibility index (Phi) is 5.41. The summed E-state index contributed by atoms with van der Waals surface area (Å²) in [5, 5.41) is 7.13. The Balaban J connectivity index is 0.00000192. The van der Waals surface area contributed by atoms with Gasteiger partial charge in [-0.3, -0.25) is 0 Å². The Morgan fingerprint density at radius 1 is 1.26 bits per heavy atom. The third-order valence-corrected chi connectivity index (χ3v) is 5.49. The van der Waals surface area contributed by atoms with E-state index >= 15 is 0 Å². The molecular weight excluding hydrogens is 343 g/mol. The zero-order chi connectivity index (χ0) is 15.7. The quantitative estimate of drug-likeness (QED) is 0.896. The lowest BCUT2D eigenvalue weighted by Gasteiger charge is -2.26. The molecule has 0 aliphatic carbocycles. The van der Waals surface area contributed by atoms with Crippen LogP contribution in [0.15, 0.2) is 35.5 Å². The molecule has 1 aliphatic heterocycles. The van der Waals surface area contributed by atoms with Crippen LogP contribution in [-0.2, 0) is 10.0 Å². The van der Waals surface area contributed by atoms with Gasteiger partial charge in [-0.25, -0.2) is 17.5 Å². The summed E-state index contributed by atoms with van der Waals surface area (Å²) in [5.41, 5.74) is 1.13. The van der Waals surface area contributed by atoms with Gasteiger partial charge in [-0.2, -0.15) is 9.40 Å². The first-order chi connectivity index (χ1) is 10.5. The minimum Gasteiger partial charge on any atom is -0.314 e. The van der Waals surface area contributed by atoms with E-state index in [2.05, 4.69) is 10.4 Å². The molecule has 0 unspecified atom stereocenters. The fourth-order valence-electron chi connectivity index (χ4n) is 2.41. The number of aryl methyl sites for hydroxylation is 1. The standard InChI is InChI=1S/C14H17FN4O2S.ClH/c1-11-9-17-19(10-11)14-3-2-12(8-13(14)15)22(20,21)18-6-4-16-5-7-18;/h2-3,8-10,16H,4-7H2,1H3;1H. The number of sulfonamides is 1. The number of nitrogens with one attached hydrogen (secondary N) is 1. The maximum Gasteiger partial charge on any atom is 0.243 e. The molecule has 3 rings (SSSR count). The molecule has 0 radical (unpaired) electrons. The molecule has 1 aromatic heterocycles. The Bertz CT molecular complexity index is 788. The molecule has 2 heterocycles. The molecule has 1 saturated heterocycles. The lowest BCUT2D eigenvalue weighted by Crippen LogP contribution is -2.46. The van der Waals surface area contributed by atoms with Gasteiger partial charge in [-0.05, 0) is 30.7 Å². The largest absolute Gasteiger partial charge is 0.314 e. The summed E-state index contributed by atoms with van der Waals surface area (Å²) < 4.78 is 42.1. The monoisotopic (exact) mass is 360 g/mol. The lowest BCUT2D eigenvalue weighted by molar-refractivity contribution is 0.360. The summed E-state index contributed by atoms with van der Waals surface area (Å²) in [5.74, 6) is -0.612. The van der Waals surface area contributed by atoms with E-state index in [-0.39, 0.29) is 23.0 Å². The molecule has 1 fully saturated rings. The predicted molar refractivity (Wildman–Crippen MR) is 87.1 cm³/mol. The van der Waals surface area contributed by atoms with Gasteiger partial charge in [0.1, 0.15) is 11.5 Å². The van der Waals surface area contributed by atoms with Crippen LogP contribution in [0.5, 0.6) is 0 Å². The summed E-state index contributed by atoms with van der Waals surface area (Å²) in [7, 11) is -3.65. The summed E-state index contributed by atoms with van der Waals surface area (Å²) >= 11 is 0. The van der Waals surface area contributed by atoms with Gasteiger partial charge in [-0.15, -0.1) is 12.4 Å². The highest BCUT2D eigenvalue weighted by Gasteiger charge is 2.26. The predicted octanol–water partition coefficient (Wildman–Crippen LogP) is 1.34. The van der Waals surface area contributed by atoms with Crippen molar-refractivity contribution in [1.82, 2.24) is 19.4 Å². The SMILES string of the molecule is Cc1cnn(-c2ccc(S(=O)(=O)N3CCNCC3)cc2F)c1.Cl. The van der Waals surface area contributed by atoms with Gasteiger partial charge in [0.25, 0.3) is 0 Å². The Morgan fingerprint density at radius 3 is 2.52 bits per heavy atom. The highest BCUT2D eigenvalue weighted by atomic mass is 35.5. The van der Waals surface area contributed by atoms with Gasteiger partial charge >= 0.3 is 0 Å². The molecule has 0 atom stereocenters. The van der Waals surface area contributed by atoms with Crippen molar-refractivity contribution in [3.8, 4) is 5.69 Å². The Labute approximate surface area is 140 Å². The minimum atomic E-state index is -3.65. The summed E-state index contributed by atoms with van der Waals surface area (Å²) in [6, 6.07) is 3.92. The van der Waals surface area contributed by atoms with Crippen LogP contribution in [0.2, 0.25) is 0 Å². The first kappa shape index (κ1) is 17.9. The molecule has 126 valence electrons. The first-order valence-electron chi connectivity index (χ1n) is 7.00. The number of halogens is 2. The maximum absolute atomic E-state index is 14.3. The van der Waals surface area contributed by atoms with Crippen LogP contribution in [0.25, 0.3) is 5.69 Å². The van der Waals surface area contributed by atoms with Crippen LogP contribution in [0.1, 0.15) is 5.56 Å². The number of piperazine rings is 1.